The molecule has 3 fully saturated rings. The van der Waals surface area contributed by atoms with Crippen molar-refractivity contribution in [3.8, 4) is 0 Å². The van der Waals surface area contributed by atoms with Crippen molar-refractivity contribution in [1.29, 1.82) is 0 Å². The minimum atomic E-state index is -0.00810. The Morgan fingerprint density at radius 2 is 1.91 bits per heavy atom. The summed E-state index contributed by atoms with van der Waals surface area (Å²) in [5.41, 5.74) is 0.966. The molecule has 0 aromatic carbocycles. The van der Waals surface area contributed by atoms with Gasteiger partial charge in [-0.05, 0) is 76.4 Å². The molecule has 1 aromatic heterocycles. The van der Waals surface area contributed by atoms with Crippen LogP contribution in [-0.4, -0.2) is 39.9 Å². The van der Waals surface area contributed by atoms with Crippen LogP contribution in [0, 0.1) is 18.8 Å². The van der Waals surface area contributed by atoms with Gasteiger partial charge >= 0.3 is 0 Å². The molecule has 5 nitrogen and oxygen atoms in total. The van der Waals surface area contributed by atoms with E-state index in [0.29, 0.717) is 11.8 Å². The monoisotopic (exact) mass is 314 g/mol. The second-order valence-electron chi connectivity index (χ2n) is 7.41. The third kappa shape index (κ3) is 3.39. The molecular weight excluding hydrogens is 288 g/mol. The highest BCUT2D eigenvalue weighted by Crippen LogP contribution is 2.41. The zero-order valence-electron chi connectivity index (χ0n) is 13.9. The highest BCUT2D eigenvalue weighted by molar-refractivity contribution is 5.83. The molecule has 124 valence electrons. The highest BCUT2D eigenvalue weighted by atomic mass is 16.2. The van der Waals surface area contributed by atoms with Gasteiger partial charge in [0.2, 0.25) is 5.91 Å². The number of hydrogen-bond acceptors (Lipinski definition) is 4. The van der Waals surface area contributed by atoms with Crippen LogP contribution in [0.15, 0.2) is 12.3 Å². The van der Waals surface area contributed by atoms with Crippen molar-refractivity contribution in [2.24, 2.45) is 11.8 Å². The molecule has 0 unspecified atom stereocenters. The van der Waals surface area contributed by atoms with E-state index < -0.39 is 0 Å². The van der Waals surface area contributed by atoms with E-state index in [9.17, 15) is 4.79 Å². The molecule has 5 heteroatoms. The van der Waals surface area contributed by atoms with Crippen LogP contribution in [0.2, 0.25) is 0 Å². The molecule has 0 spiro atoms. The quantitative estimate of drug-likeness (QED) is 0.875. The molecule has 3 aliphatic rings. The third-order valence-corrected chi connectivity index (χ3v) is 5.35. The fourth-order valence-corrected chi connectivity index (χ4v) is 3.79. The number of aryl methyl sites for hydroxylation is 1. The topological polar surface area (TPSA) is 58.1 Å². The summed E-state index contributed by atoms with van der Waals surface area (Å²) in [6.45, 7) is 4.13. The second-order valence-corrected chi connectivity index (χ2v) is 7.41. The van der Waals surface area contributed by atoms with Crippen molar-refractivity contribution in [3.05, 3.63) is 23.8 Å². The van der Waals surface area contributed by atoms with E-state index in [0.717, 1.165) is 24.6 Å². The number of nitrogens with one attached hydrogen (secondary N) is 1. The molecule has 1 aromatic rings. The molecule has 1 N–H and O–H groups in total. The summed E-state index contributed by atoms with van der Waals surface area (Å²) in [7, 11) is 0. The van der Waals surface area contributed by atoms with Crippen LogP contribution in [0.3, 0.4) is 0 Å². The van der Waals surface area contributed by atoms with E-state index in [1.54, 1.807) is 6.20 Å². The van der Waals surface area contributed by atoms with Crippen LogP contribution >= 0.6 is 0 Å². The molecule has 1 aliphatic heterocycles. The molecule has 4 rings (SSSR count). The van der Waals surface area contributed by atoms with Gasteiger partial charge in [-0.2, -0.15) is 0 Å². The van der Waals surface area contributed by atoms with Crippen LogP contribution in [0.4, 0.5) is 0 Å². The van der Waals surface area contributed by atoms with E-state index >= 15 is 0 Å². The van der Waals surface area contributed by atoms with Gasteiger partial charge in [-0.25, -0.2) is 9.97 Å². The van der Waals surface area contributed by atoms with Crippen molar-refractivity contribution in [1.82, 2.24) is 20.2 Å². The second kappa shape index (κ2) is 6.19. The van der Waals surface area contributed by atoms with Gasteiger partial charge in [0.05, 0.1) is 12.1 Å². The van der Waals surface area contributed by atoms with E-state index in [1.165, 1.54) is 38.5 Å². The van der Waals surface area contributed by atoms with Crippen LogP contribution in [0.5, 0.6) is 0 Å². The maximum atomic E-state index is 13.0. The Morgan fingerprint density at radius 1 is 1.22 bits per heavy atom. The van der Waals surface area contributed by atoms with Crippen molar-refractivity contribution >= 4 is 5.91 Å². The Bertz CT molecular complexity index is 576. The molecule has 2 saturated carbocycles. The lowest BCUT2D eigenvalue weighted by atomic mass is 10.1. The van der Waals surface area contributed by atoms with Gasteiger partial charge < -0.3 is 5.32 Å². The molecular formula is C18H26N4O. The van der Waals surface area contributed by atoms with Crippen molar-refractivity contribution < 1.29 is 4.79 Å². The zero-order valence-corrected chi connectivity index (χ0v) is 13.9. The molecule has 1 amide bonds. The van der Waals surface area contributed by atoms with Crippen LogP contribution in [0.25, 0.3) is 0 Å². The standard InChI is InChI=1S/C18H26N4O/c1-12-8-9-19-17(20-12)15(13-4-5-13)21-18(23)16(14-6-7-14)22-10-2-3-11-22/h8-9,13-16H,2-7,10-11H2,1H3,(H,21,23)/t15-,16+/m0/s1. The fraction of sp³-hybridized carbons (Fsp3) is 0.722. The maximum absolute atomic E-state index is 13.0. The van der Waals surface area contributed by atoms with Crippen molar-refractivity contribution in [3.63, 3.8) is 0 Å². The maximum Gasteiger partial charge on any atom is 0.238 e. The molecule has 0 bridgehead atoms. The Morgan fingerprint density at radius 3 is 2.52 bits per heavy atom. The highest BCUT2D eigenvalue weighted by Gasteiger charge is 2.43. The summed E-state index contributed by atoms with van der Waals surface area (Å²) in [5.74, 6) is 2.07. The van der Waals surface area contributed by atoms with E-state index in [2.05, 4.69) is 20.2 Å². The predicted molar refractivity (Wildman–Crippen MR) is 87.7 cm³/mol. The Balaban J connectivity index is 1.50. The summed E-state index contributed by atoms with van der Waals surface area (Å²) in [4.78, 5) is 24.4. The molecule has 2 aliphatic carbocycles. The Labute approximate surface area is 137 Å². The summed E-state index contributed by atoms with van der Waals surface area (Å²) in [5, 5.41) is 3.32. The molecule has 0 radical (unpaired) electrons. The van der Waals surface area contributed by atoms with Crippen molar-refractivity contribution in [2.75, 3.05) is 13.1 Å². The average molecular weight is 314 g/mol. The van der Waals surface area contributed by atoms with E-state index in [-0.39, 0.29) is 18.0 Å². The number of hydrogen-bond donors (Lipinski definition) is 1. The summed E-state index contributed by atoms with van der Waals surface area (Å²) < 4.78 is 0. The molecule has 2 atom stereocenters. The van der Waals surface area contributed by atoms with Gasteiger partial charge in [-0.1, -0.05) is 0 Å². The van der Waals surface area contributed by atoms with Crippen LogP contribution in [-0.2, 0) is 4.79 Å². The zero-order chi connectivity index (χ0) is 15.8. The first-order valence-corrected chi connectivity index (χ1v) is 9.06. The largest absolute Gasteiger partial charge is 0.344 e. The number of aromatic nitrogens is 2. The van der Waals surface area contributed by atoms with Gasteiger partial charge in [-0.15, -0.1) is 0 Å². The number of likely N-dealkylation sites (tertiary alicyclic amines) is 1. The van der Waals surface area contributed by atoms with Gasteiger partial charge in [0, 0.05) is 11.9 Å². The first-order valence-electron chi connectivity index (χ1n) is 9.06. The van der Waals surface area contributed by atoms with Crippen LogP contribution in [0.1, 0.15) is 56.1 Å². The van der Waals surface area contributed by atoms with Gasteiger partial charge in [0.15, 0.2) is 5.82 Å². The SMILES string of the molecule is Cc1ccnc([C@@H](NC(=O)[C@@H](C2CC2)N2CCCC2)C2CC2)n1. The van der Waals surface area contributed by atoms with Gasteiger partial charge in [0.1, 0.15) is 0 Å². The third-order valence-electron chi connectivity index (χ3n) is 5.35. The van der Waals surface area contributed by atoms with Crippen LogP contribution < -0.4 is 5.32 Å². The first-order chi connectivity index (χ1) is 11.2. The Kier molecular flexibility index (Phi) is 4.05. The minimum absolute atomic E-state index is 0.00810. The number of carbonyl (C=O) groups excluding carboxylic acids is 1. The lowest BCUT2D eigenvalue weighted by Gasteiger charge is -2.28. The van der Waals surface area contributed by atoms with E-state index in [4.69, 9.17) is 0 Å². The molecule has 1 saturated heterocycles. The molecule has 23 heavy (non-hydrogen) atoms. The lowest BCUT2D eigenvalue weighted by molar-refractivity contribution is -0.127. The summed E-state index contributed by atoms with van der Waals surface area (Å²) in [6, 6.07) is 1.97. The van der Waals surface area contributed by atoms with Gasteiger partial charge in [0.25, 0.3) is 0 Å². The lowest BCUT2D eigenvalue weighted by Crippen LogP contribution is -2.48. The predicted octanol–water partition coefficient (Wildman–Crippen LogP) is 2.23. The average Bonchev–Trinajstić information content (AvgIpc) is 3.45. The smallest absolute Gasteiger partial charge is 0.238 e. The van der Waals surface area contributed by atoms with E-state index in [1.807, 2.05) is 13.0 Å². The molecule has 2 heterocycles. The van der Waals surface area contributed by atoms with Gasteiger partial charge in [-0.3, -0.25) is 9.69 Å². The number of carbonyl (C=O) groups is 1. The summed E-state index contributed by atoms with van der Waals surface area (Å²) >= 11 is 0. The number of nitrogens with zero attached hydrogens (tertiary/aromatic N) is 3. The number of rotatable bonds is 6. The number of amides is 1. The first kappa shape index (κ1) is 15.1. The fourth-order valence-electron chi connectivity index (χ4n) is 3.79. The summed E-state index contributed by atoms with van der Waals surface area (Å²) in [6.07, 6.45) is 8.98. The normalized spacial score (nSPS) is 24.4. The minimum Gasteiger partial charge on any atom is -0.344 e. The van der Waals surface area contributed by atoms with Crippen molar-refractivity contribution in [2.45, 2.75) is 57.5 Å². The Hall–Kier alpha value is -1.49.